The van der Waals surface area contributed by atoms with Crippen LogP contribution < -0.4 is 9.64 Å². The van der Waals surface area contributed by atoms with Gasteiger partial charge in [-0.2, -0.15) is 0 Å². The van der Waals surface area contributed by atoms with Crippen LogP contribution in [0.4, 0.5) is 5.69 Å². The van der Waals surface area contributed by atoms with Crippen LogP contribution in [0.25, 0.3) is 0 Å². The van der Waals surface area contributed by atoms with Crippen molar-refractivity contribution in [3.63, 3.8) is 0 Å². The summed E-state index contributed by atoms with van der Waals surface area (Å²) in [6, 6.07) is 13.2. The van der Waals surface area contributed by atoms with Crippen LogP contribution >= 0.6 is 11.8 Å². The van der Waals surface area contributed by atoms with E-state index in [1.54, 1.807) is 23.1 Å². The molecule has 1 aliphatic rings. The summed E-state index contributed by atoms with van der Waals surface area (Å²) in [6.45, 7) is 4.84. The fourth-order valence-corrected chi connectivity index (χ4v) is 4.01. The number of hydrogen-bond donors (Lipinski definition) is 0. The number of nitrogens with zero attached hydrogens (tertiary/aromatic N) is 3. The van der Waals surface area contributed by atoms with Crippen molar-refractivity contribution in [3.8, 4) is 5.75 Å². The number of ketones is 1. The van der Waals surface area contributed by atoms with Gasteiger partial charge in [-0.3, -0.25) is 9.59 Å². The van der Waals surface area contributed by atoms with Gasteiger partial charge in [0.05, 0.1) is 5.75 Å². The molecule has 0 spiro atoms. The molecule has 0 aliphatic carbocycles. The third kappa shape index (κ3) is 5.14. The molecule has 0 saturated carbocycles. The Balaban J connectivity index is 1.33. The van der Waals surface area contributed by atoms with Crippen LogP contribution in [-0.2, 0) is 11.4 Å². The second-order valence-electron chi connectivity index (χ2n) is 7.43. The first-order valence-corrected chi connectivity index (χ1v) is 11.1. The summed E-state index contributed by atoms with van der Waals surface area (Å²) in [7, 11) is 0. The predicted molar refractivity (Wildman–Crippen MR) is 118 cm³/mol. The van der Waals surface area contributed by atoms with Crippen molar-refractivity contribution in [2.75, 3.05) is 17.2 Å². The highest BCUT2D eigenvalue weighted by atomic mass is 32.2. The molecule has 4 rings (SSSR count). The van der Waals surface area contributed by atoms with Gasteiger partial charge in [-0.05, 0) is 49.6 Å². The molecule has 2 aromatic carbocycles. The summed E-state index contributed by atoms with van der Waals surface area (Å²) in [4.78, 5) is 26.3. The van der Waals surface area contributed by atoms with Crippen molar-refractivity contribution in [1.29, 1.82) is 0 Å². The van der Waals surface area contributed by atoms with Crippen molar-refractivity contribution in [2.24, 2.45) is 0 Å². The number of rotatable bonds is 8. The van der Waals surface area contributed by atoms with E-state index >= 15 is 0 Å². The second-order valence-corrected chi connectivity index (χ2v) is 8.36. The molecule has 1 saturated heterocycles. The highest BCUT2D eigenvalue weighted by Crippen LogP contribution is 2.25. The molecule has 0 N–H and O–H groups in total. The SMILES string of the molecule is Cc1ccc(C)c(OCc2nnc(SCC(=O)c3cccc(N4CCCC4=O)c3)o2)c1. The van der Waals surface area contributed by atoms with Gasteiger partial charge >= 0.3 is 0 Å². The lowest BCUT2D eigenvalue weighted by Gasteiger charge is -2.16. The monoisotopic (exact) mass is 437 g/mol. The number of amides is 1. The Morgan fingerprint density at radius 2 is 2.06 bits per heavy atom. The summed E-state index contributed by atoms with van der Waals surface area (Å²) in [5.41, 5.74) is 3.46. The molecule has 7 nitrogen and oxygen atoms in total. The molecule has 1 aromatic heterocycles. The molecule has 1 amide bonds. The van der Waals surface area contributed by atoms with Gasteiger partial charge < -0.3 is 14.1 Å². The normalized spacial score (nSPS) is 13.6. The maximum Gasteiger partial charge on any atom is 0.277 e. The van der Waals surface area contributed by atoms with E-state index in [2.05, 4.69) is 10.2 Å². The quantitative estimate of drug-likeness (QED) is 0.382. The highest BCUT2D eigenvalue weighted by molar-refractivity contribution is 7.99. The number of aromatic nitrogens is 2. The Kier molecular flexibility index (Phi) is 6.36. The molecule has 1 aliphatic heterocycles. The molecule has 1 fully saturated rings. The number of ether oxygens (including phenoxy) is 1. The maximum absolute atomic E-state index is 12.6. The Bertz CT molecular complexity index is 1110. The summed E-state index contributed by atoms with van der Waals surface area (Å²) >= 11 is 1.18. The fourth-order valence-electron chi connectivity index (χ4n) is 3.34. The number of thioether (sulfide) groups is 1. The minimum absolute atomic E-state index is 0.0649. The number of carbonyl (C=O) groups is 2. The molecule has 31 heavy (non-hydrogen) atoms. The van der Waals surface area contributed by atoms with E-state index in [0.717, 1.165) is 29.0 Å². The first-order valence-electron chi connectivity index (χ1n) is 10.1. The van der Waals surface area contributed by atoms with Crippen molar-refractivity contribution >= 4 is 29.1 Å². The maximum atomic E-state index is 12.6. The summed E-state index contributed by atoms with van der Waals surface area (Å²) in [6.07, 6.45) is 1.40. The van der Waals surface area contributed by atoms with Gasteiger partial charge in [0.15, 0.2) is 12.4 Å². The van der Waals surface area contributed by atoms with Gasteiger partial charge in [0.25, 0.3) is 11.1 Å². The van der Waals surface area contributed by atoms with Crippen molar-refractivity contribution in [3.05, 3.63) is 65.0 Å². The zero-order valence-electron chi connectivity index (χ0n) is 17.5. The molecule has 0 atom stereocenters. The molecular weight excluding hydrogens is 414 g/mol. The minimum atomic E-state index is -0.0649. The smallest absolute Gasteiger partial charge is 0.277 e. The lowest BCUT2D eigenvalue weighted by Crippen LogP contribution is -2.23. The largest absolute Gasteiger partial charge is 0.484 e. The third-order valence-corrected chi connectivity index (χ3v) is 5.84. The van der Waals surface area contributed by atoms with E-state index in [1.807, 2.05) is 38.1 Å². The summed E-state index contributed by atoms with van der Waals surface area (Å²) in [5.74, 6) is 1.33. The standard InChI is InChI=1S/C23H23N3O4S/c1-15-8-9-16(2)20(11-15)29-13-21-24-25-23(30-21)31-14-19(27)17-5-3-6-18(12-17)26-10-4-7-22(26)28/h3,5-6,8-9,11-12H,4,7,10,13-14H2,1-2H3. The highest BCUT2D eigenvalue weighted by Gasteiger charge is 2.22. The number of carbonyl (C=O) groups excluding carboxylic acids is 2. The predicted octanol–water partition coefficient (Wildman–Crippen LogP) is 4.37. The van der Waals surface area contributed by atoms with E-state index in [0.29, 0.717) is 29.6 Å². The number of benzene rings is 2. The number of Topliss-reactive ketones (excluding diaryl/α,β-unsaturated/α-hetero) is 1. The van der Waals surface area contributed by atoms with Crippen LogP contribution in [0.5, 0.6) is 5.75 Å². The average Bonchev–Trinajstić information content (AvgIpc) is 3.41. The van der Waals surface area contributed by atoms with Crippen LogP contribution in [0, 0.1) is 13.8 Å². The molecule has 3 aromatic rings. The second kappa shape index (κ2) is 9.34. The van der Waals surface area contributed by atoms with Crippen LogP contribution in [0.3, 0.4) is 0 Å². The zero-order chi connectivity index (χ0) is 21.8. The van der Waals surface area contributed by atoms with Gasteiger partial charge in [-0.25, -0.2) is 0 Å². The Hall–Kier alpha value is -3.13. The van der Waals surface area contributed by atoms with Gasteiger partial charge in [0.2, 0.25) is 5.91 Å². The molecule has 2 heterocycles. The van der Waals surface area contributed by atoms with Gasteiger partial charge in [-0.15, -0.1) is 10.2 Å². The van der Waals surface area contributed by atoms with Gasteiger partial charge in [0.1, 0.15) is 5.75 Å². The van der Waals surface area contributed by atoms with Crippen LogP contribution in [0.2, 0.25) is 0 Å². The molecule has 8 heteroatoms. The Morgan fingerprint density at radius 1 is 1.19 bits per heavy atom. The van der Waals surface area contributed by atoms with Crippen LogP contribution in [-0.4, -0.2) is 34.2 Å². The lowest BCUT2D eigenvalue weighted by atomic mass is 10.1. The number of hydrogen-bond acceptors (Lipinski definition) is 7. The minimum Gasteiger partial charge on any atom is -0.484 e. The van der Waals surface area contributed by atoms with E-state index in [1.165, 1.54) is 11.8 Å². The topological polar surface area (TPSA) is 85.5 Å². The van der Waals surface area contributed by atoms with Crippen molar-refractivity contribution < 1.29 is 18.7 Å². The fraction of sp³-hybridized carbons (Fsp3) is 0.304. The third-order valence-electron chi connectivity index (χ3n) is 5.02. The van der Waals surface area contributed by atoms with E-state index in [-0.39, 0.29) is 24.1 Å². The first kappa shape index (κ1) is 21.1. The zero-order valence-corrected chi connectivity index (χ0v) is 18.3. The molecule has 0 unspecified atom stereocenters. The Labute approximate surface area is 184 Å². The summed E-state index contributed by atoms with van der Waals surface area (Å²) < 4.78 is 11.4. The van der Waals surface area contributed by atoms with Crippen LogP contribution in [0.15, 0.2) is 52.1 Å². The first-order chi connectivity index (χ1) is 15.0. The molecule has 160 valence electrons. The Morgan fingerprint density at radius 3 is 2.87 bits per heavy atom. The molecule has 0 bridgehead atoms. The number of aryl methyl sites for hydroxylation is 2. The van der Waals surface area contributed by atoms with E-state index in [9.17, 15) is 9.59 Å². The molecular formula is C23H23N3O4S. The van der Waals surface area contributed by atoms with Crippen LogP contribution in [0.1, 0.15) is 40.2 Å². The number of anilines is 1. The van der Waals surface area contributed by atoms with E-state index in [4.69, 9.17) is 9.15 Å². The van der Waals surface area contributed by atoms with Crippen molar-refractivity contribution in [1.82, 2.24) is 10.2 Å². The van der Waals surface area contributed by atoms with Gasteiger partial charge in [0, 0.05) is 24.2 Å². The molecule has 0 radical (unpaired) electrons. The summed E-state index contributed by atoms with van der Waals surface area (Å²) in [5, 5.41) is 8.29. The van der Waals surface area contributed by atoms with Gasteiger partial charge in [-0.1, -0.05) is 36.0 Å². The lowest BCUT2D eigenvalue weighted by molar-refractivity contribution is -0.117. The van der Waals surface area contributed by atoms with E-state index < -0.39 is 0 Å². The average molecular weight is 438 g/mol. The van der Waals surface area contributed by atoms with Crippen molar-refractivity contribution in [2.45, 2.75) is 38.5 Å².